The number of likely N-dealkylation sites (tertiary alicyclic amines) is 1. The van der Waals surface area contributed by atoms with Gasteiger partial charge >= 0.3 is 0 Å². The maximum Gasteiger partial charge on any atom is 0.287 e. The first-order valence-corrected chi connectivity index (χ1v) is 15.5. The lowest BCUT2D eigenvalue weighted by molar-refractivity contribution is -0.144. The molecule has 1 saturated carbocycles. The zero-order chi connectivity index (χ0) is 34.4. The molecule has 12 heteroatoms. The van der Waals surface area contributed by atoms with Gasteiger partial charge in [-0.3, -0.25) is 33.8 Å². The zero-order valence-electron chi connectivity index (χ0n) is 27.5. The minimum Gasteiger partial charge on any atom is -0.363 e. The van der Waals surface area contributed by atoms with Crippen molar-refractivity contribution in [2.45, 2.75) is 78.4 Å². The number of primary amides is 1. The van der Waals surface area contributed by atoms with Crippen LogP contribution in [0.5, 0.6) is 0 Å². The highest BCUT2D eigenvalue weighted by atomic mass is 16.2. The monoisotopic (exact) mass is 636 g/mol. The maximum atomic E-state index is 13.8. The number of ketones is 1. The fraction of sp³-hybridized carbons (Fsp3) is 0.500. The highest BCUT2D eigenvalue weighted by Crippen LogP contribution is 2.34. The number of amides is 5. The van der Waals surface area contributed by atoms with Crippen LogP contribution in [0.4, 0.5) is 0 Å². The number of allylic oxidation sites excluding steroid dienone is 1. The number of nitrogens with zero attached hydrogens (tertiary/aromatic N) is 2. The molecule has 2 fully saturated rings. The SMILES string of the molecule is C=CC(=N/C=C\C)C(=O)NCC(=O)NC(C(=O)N1C[C@H](C)CC1C(=O)NC(CC1CC1)C(=O)C(N)=O)C(C)(C)C.c1ccccc1. The molecule has 5 amide bonds. The average Bonchev–Trinajstić information content (AvgIpc) is 3.75. The predicted octanol–water partition coefficient (Wildman–Crippen LogP) is 2.06. The largest absolute Gasteiger partial charge is 0.363 e. The van der Waals surface area contributed by atoms with E-state index in [0.29, 0.717) is 12.8 Å². The van der Waals surface area contributed by atoms with Crippen LogP contribution in [0.1, 0.15) is 60.3 Å². The summed E-state index contributed by atoms with van der Waals surface area (Å²) in [4.78, 5) is 81.4. The number of aliphatic imine (C=N–C) groups is 1. The van der Waals surface area contributed by atoms with Crippen molar-refractivity contribution in [1.82, 2.24) is 20.9 Å². The molecule has 0 bridgehead atoms. The molecule has 1 aromatic rings. The van der Waals surface area contributed by atoms with Gasteiger partial charge in [-0.1, -0.05) is 89.6 Å². The molecule has 1 heterocycles. The molecule has 2 aliphatic rings. The molecule has 1 saturated heterocycles. The van der Waals surface area contributed by atoms with Gasteiger partial charge in [-0.05, 0) is 43.1 Å². The van der Waals surface area contributed by atoms with Crippen LogP contribution in [-0.4, -0.2) is 77.1 Å². The second kappa shape index (κ2) is 17.8. The van der Waals surface area contributed by atoms with E-state index in [4.69, 9.17) is 5.73 Å². The minimum atomic E-state index is -1.12. The van der Waals surface area contributed by atoms with Gasteiger partial charge < -0.3 is 26.6 Å². The van der Waals surface area contributed by atoms with Crippen molar-refractivity contribution < 1.29 is 28.8 Å². The second-order valence-corrected chi connectivity index (χ2v) is 12.7. The van der Waals surface area contributed by atoms with Crippen molar-refractivity contribution in [3.63, 3.8) is 0 Å². The van der Waals surface area contributed by atoms with Crippen LogP contribution in [0.25, 0.3) is 0 Å². The average molecular weight is 637 g/mol. The van der Waals surface area contributed by atoms with Crippen molar-refractivity contribution in [1.29, 1.82) is 0 Å². The Kier molecular flexibility index (Phi) is 14.5. The number of nitrogens with two attached hydrogens (primary N) is 1. The summed E-state index contributed by atoms with van der Waals surface area (Å²) in [5.41, 5.74) is 4.49. The maximum absolute atomic E-state index is 13.8. The Morgan fingerprint density at radius 2 is 1.61 bits per heavy atom. The normalized spacial score (nSPS) is 19.2. The van der Waals surface area contributed by atoms with Gasteiger partial charge in [0.05, 0.1) is 12.6 Å². The zero-order valence-corrected chi connectivity index (χ0v) is 27.5. The molecule has 5 N–H and O–H groups in total. The molecule has 1 aliphatic heterocycles. The fourth-order valence-corrected chi connectivity index (χ4v) is 4.92. The molecule has 250 valence electrons. The Bertz CT molecular complexity index is 1290. The summed E-state index contributed by atoms with van der Waals surface area (Å²) in [6.07, 6.45) is 6.83. The third-order valence-electron chi connectivity index (χ3n) is 7.52. The van der Waals surface area contributed by atoms with Crippen molar-refractivity contribution in [3.8, 4) is 0 Å². The molecule has 12 nitrogen and oxygen atoms in total. The fourth-order valence-electron chi connectivity index (χ4n) is 4.92. The summed E-state index contributed by atoms with van der Waals surface area (Å²) >= 11 is 0. The van der Waals surface area contributed by atoms with E-state index in [1.54, 1.807) is 33.8 Å². The Morgan fingerprint density at radius 1 is 1.02 bits per heavy atom. The standard InChI is InChI=1S/C28H42N6O6.C6H6/c1-7-11-30-18(8-2)25(38)31-14-21(35)33-23(28(4,5)6)27(40)34-15-16(3)12-20(34)26(39)32-19(13-17-9-10-17)22(36)24(29)37;1-2-4-6-5-3-1/h7-8,11,16-17,19-20,23H,2,9-10,12-15H2,1,3-6H3,(H2,29,37)(H,31,38)(H,32,39)(H,33,35);1-6H/b11-7-,30-18?;/t16-,19?,20?,23?;/m1./s1. The summed E-state index contributed by atoms with van der Waals surface area (Å²) in [6.45, 7) is 12.4. The van der Waals surface area contributed by atoms with Crippen molar-refractivity contribution in [2.75, 3.05) is 13.1 Å². The van der Waals surface area contributed by atoms with Gasteiger partial charge in [0.2, 0.25) is 23.5 Å². The molecule has 4 atom stereocenters. The van der Waals surface area contributed by atoms with Crippen LogP contribution >= 0.6 is 0 Å². The highest BCUT2D eigenvalue weighted by molar-refractivity contribution is 6.43. The summed E-state index contributed by atoms with van der Waals surface area (Å²) in [5.74, 6) is -3.95. The Balaban J connectivity index is 0.00000109. The van der Waals surface area contributed by atoms with Crippen LogP contribution < -0.4 is 21.7 Å². The number of benzene rings is 1. The Hall–Kier alpha value is -4.61. The molecule has 3 rings (SSSR count). The third kappa shape index (κ3) is 12.1. The van der Waals surface area contributed by atoms with Crippen molar-refractivity contribution in [2.24, 2.45) is 28.0 Å². The molecule has 3 unspecified atom stereocenters. The smallest absolute Gasteiger partial charge is 0.287 e. The van der Waals surface area contributed by atoms with Crippen LogP contribution in [0, 0.1) is 17.3 Å². The number of carbonyl (C=O) groups is 6. The first kappa shape index (κ1) is 37.6. The molecule has 0 spiro atoms. The Morgan fingerprint density at radius 3 is 2.09 bits per heavy atom. The van der Waals surface area contributed by atoms with E-state index in [1.165, 1.54) is 17.2 Å². The van der Waals surface area contributed by atoms with E-state index in [9.17, 15) is 28.8 Å². The van der Waals surface area contributed by atoms with E-state index >= 15 is 0 Å². The topological polar surface area (TPSA) is 180 Å². The molecule has 0 aromatic heterocycles. The molecule has 0 radical (unpaired) electrons. The summed E-state index contributed by atoms with van der Waals surface area (Å²) < 4.78 is 0. The molecule has 1 aliphatic carbocycles. The number of nitrogens with one attached hydrogen (secondary N) is 3. The molecular formula is C34H48N6O6. The van der Waals surface area contributed by atoms with Crippen LogP contribution in [-0.2, 0) is 28.8 Å². The number of hydrogen-bond donors (Lipinski definition) is 4. The quantitative estimate of drug-likeness (QED) is 0.190. The van der Waals surface area contributed by atoms with Crippen molar-refractivity contribution in [3.05, 3.63) is 61.3 Å². The van der Waals surface area contributed by atoms with Crippen LogP contribution in [0.15, 0.2) is 66.3 Å². The number of hydrogen-bond acceptors (Lipinski definition) is 7. The first-order chi connectivity index (χ1) is 21.7. The number of rotatable bonds is 13. The minimum absolute atomic E-state index is 0.0159. The highest BCUT2D eigenvalue weighted by Gasteiger charge is 2.45. The number of Topliss-reactive ketones (excluding diaryl/α,β-unsaturated/α-hetero) is 1. The predicted molar refractivity (Wildman–Crippen MR) is 176 cm³/mol. The van der Waals surface area contributed by atoms with Crippen LogP contribution in [0.3, 0.4) is 0 Å². The van der Waals surface area contributed by atoms with E-state index in [1.807, 2.05) is 43.3 Å². The van der Waals surface area contributed by atoms with Gasteiger partial charge in [-0.15, -0.1) is 0 Å². The van der Waals surface area contributed by atoms with E-state index < -0.39 is 65.4 Å². The second-order valence-electron chi connectivity index (χ2n) is 12.7. The van der Waals surface area contributed by atoms with E-state index in [2.05, 4.69) is 27.5 Å². The molecule has 1 aromatic carbocycles. The van der Waals surface area contributed by atoms with Gasteiger partial charge in [0.1, 0.15) is 17.8 Å². The summed E-state index contributed by atoms with van der Waals surface area (Å²) in [6, 6.07) is 9.07. The first-order valence-electron chi connectivity index (χ1n) is 15.5. The lowest BCUT2D eigenvalue weighted by Crippen LogP contribution is -2.59. The van der Waals surface area contributed by atoms with E-state index in [0.717, 1.165) is 12.8 Å². The molecular weight excluding hydrogens is 588 g/mol. The lowest BCUT2D eigenvalue weighted by Gasteiger charge is -2.35. The van der Waals surface area contributed by atoms with Gasteiger partial charge in [0, 0.05) is 12.7 Å². The van der Waals surface area contributed by atoms with Gasteiger partial charge in [0.15, 0.2) is 0 Å². The Labute approximate surface area is 271 Å². The van der Waals surface area contributed by atoms with Crippen molar-refractivity contribution >= 4 is 41.0 Å². The lowest BCUT2D eigenvalue weighted by atomic mass is 9.85. The number of carbonyl (C=O) groups excluding carboxylic acids is 6. The molecule has 46 heavy (non-hydrogen) atoms. The van der Waals surface area contributed by atoms with E-state index in [-0.39, 0.29) is 24.1 Å². The van der Waals surface area contributed by atoms with Gasteiger partial charge in [-0.2, -0.15) is 0 Å². The van der Waals surface area contributed by atoms with Gasteiger partial charge in [0.25, 0.3) is 11.8 Å². The summed E-state index contributed by atoms with van der Waals surface area (Å²) in [7, 11) is 0. The van der Waals surface area contributed by atoms with Crippen LogP contribution in [0.2, 0.25) is 0 Å². The third-order valence-corrected chi connectivity index (χ3v) is 7.52. The van der Waals surface area contributed by atoms with Gasteiger partial charge in [-0.25, -0.2) is 0 Å². The summed E-state index contributed by atoms with van der Waals surface area (Å²) in [5, 5.41) is 7.81.